The minimum Gasteiger partial charge on any atom is -0.489 e. The minimum atomic E-state index is 0.167. The van der Waals surface area contributed by atoms with Crippen LogP contribution in [0.3, 0.4) is 0 Å². The van der Waals surface area contributed by atoms with E-state index in [1.165, 1.54) is 5.56 Å². The molecule has 0 fully saturated rings. The van der Waals surface area contributed by atoms with Crippen LogP contribution in [-0.2, 0) is 12.0 Å². The van der Waals surface area contributed by atoms with Gasteiger partial charge in [-0.15, -0.1) is 0 Å². The standard InChI is InChI=1S/C21H26N2O/c1-21(2,3)18-8-10-19(11-9-18)24-15-16-6-4-7-17(14-16)20-22-12-5-13-23-20/h4,6-11,14H,5,12-13,15H2,1-3H3,(H,22,23). The third kappa shape index (κ3) is 4.16. The zero-order valence-corrected chi connectivity index (χ0v) is 14.8. The topological polar surface area (TPSA) is 33.6 Å². The lowest BCUT2D eigenvalue weighted by Crippen LogP contribution is -2.30. The molecule has 0 amide bonds. The molecule has 0 bridgehead atoms. The van der Waals surface area contributed by atoms with Crippen LogP contribution in [0.15, 0.2) is 53.5 Å². The molecule has 0 spiro atoms. The molecular weight excluding hydrogens is 296 g/mol. The van der Waals surface area contributed by atoms with Crippen LogP contribution in [0.1, 0.15) is 43.9 Å². The molecule has 0 atom stereocenters. The largest absolute Gasteiger partial charge is 0.489 e. The SMILES string of the molecule is CC(C)(C)c1ccc(OCc2cccc(C3=NCCCN3)c2)cc1. The van der Waals surface area contributed by atoms with Crippen LogP contribution in [0.25, 0.3) is 0 Å². The third-order valence-electron chi connectivity index (χ3n) is 4.22. The molecule has 0 unspecified atom stereocenters. The summed E-state index contributed by atoms with van der Waals surface area (Å²) in [5.74, 6) is 1.90. The molecule has 1 aliphatic rings. The summed E-state index contributed by atoms with van der Waals surface area (Å²) in [5.41, 5.74) is 3.78. The van der Waals surface area contributed by atoms with Crippen molar-refractivity contribution in [1.29, 1.82) is 0 Å². The molecular formula is C21H26N2O. The van der Waals surface area contributed by atoms with Crippen LogP contribution in [-0.4, -0.2) is 18.9 Å². The van der Waals surface area contributed by atoms with Crippen LogP contribution < -0.4 is 10.1 Å². The van der Waals surface area contributed by atoms with Crippen LogP contribution in [0.2, 0.25) is 0 Å². The number of ether oxygens (including phenoxy) is 1. The summed E-state index contributed by atoms with van der Waals surface area (Å²) in [6.07, 6.45) is 1.11. The van der Waals surface area contributed by atoms with Crippen molar-refractivity contribution in [3.63, 3.8) is 0 Å². The van der Waals surface area contributed by atoms with Gasteiger partial charge in [0.1, 0.15) is 18.2 Å². The molecule has 126 valence electrons. The molecule has 1 N–H and O–H groups in total. The van der Waals surface area contributed by atoms with Crippen molar-refractivity contribution in [2.75, 3.05) is 13.1 Å². The number of benzene rings is 2. The average molecular weight is 322 g/mol. The highest BCUT2D eigenvalue weighted by molar-refractivity contribution is 5.99. The zero-order chi connectivity index (χ0) is 17.0. The maximum Gasteiger partial charge on any atom is 0.128 e. The summed E-state index contributed by atoms with van der Waals surface area (Å²) in [5, 5.41) is 3.37. The molecule has 3 rings (SSSR count). The van der Waals surface area contributed by atoms with Gasteiger partial charge in [0.2, 0.25) is 0 Å². The van der Waals surface area contributed by atoms with Gasteiger partial charge in [-0.25, -0.2) is 0 Å². The predicted octanol–water partition coefficient (Wildman–Crippen LogP) is 4.30. The smallest absolute Gasteiger partial charge is 0.128 e. The molecule has 1 aliphatic heterocycles. The highest BCUT2D eigenvalue weighted by Gasteiger charge is 2.13. The molecule has 0 saturated heterocycles. The van der Waals surface area contributed by atoms with Gasteiger partial charge in [0.25, 0.3) is 0 Å². The summed E-state index contributed by atoms with van der Waals surface area (Å²) in [4.78, 5) is 4.56. The molecule has 0 radical (unpaired) electrons. The number of nitrogens with zero attached hydrogens (tertiary/aromatic N) is 1. The summed E-state index contributed by atoms with van der Waals surface area (Å²) in [6.45, 7) is 9.13. The van der Waals surface area contributed by atoms with Crippen molar-refractivity contribution in [3.8, 4) is 5.75 Å². The van der Waals surface area contributed by atoms with Gasteiger partial charge in [0.05, 0.1) is 0 Å². The van der Waals surface area contributed by atoms with E-state index in [0.717, 1.165) is 42.2 Å². The van der Waals surface area contributed by atoms with E-state index < -0.39 is 0 Å². The van der Waals surface area contributed by atoms with Crippen LogP contribution in [0.4, 0.5) is 0 Å². The van der Waals surface area contributed by atoms with E-state index in [1.807, 2.05) is 0 Å². The zero-order valence-electron chi connectivity index (χ0n) is 14.8. The molecule has 2 aromatic carbocycles. The summed E-state index contributed by atoms with van der Waals surface area (Å²) < 4.78 is 5.94. The lowest BCUT2D eigenvalue weighted by atomic mass is 9.87. The lowest BCUT2D eigenvalue weighted by Gasteiger charge is -2.19. The molecule has 0 saturated carbocycles. The second kappa shape index (κ2) is 7.08. The molecule has 3 heteroatoms. The molecule has 1 heterocycles. The summed E-state index contributed by atoms with van der Waals surface area (Å²) in [7, 11) is 0. The summed E-state index contributed by atoms with van der Waals surface area (Å²) >= 11 is 0. The van der Waals surface area contributed by atoms with E-state index in [2.05, 4.69) is 79.6 Å². The van der Waals surface area contributed by atoms with Gasteiger partial charge < -0.3 is 10.1 Å². The Balaban J connectivity index is 1.65. The van der Waals surface area contributed by atoms with Crippen LogP contribution in [0, 0.1) is 0 Å². The van der Waals surface area contributed by atoms with E-state index in [-0.39, 0.29) is 5.41 Å². The van der Waals surface area contributed by atoms with Gasteiger partial charge in [0.15, 0.2) is 0 Å². The predicted molar refractivity (Wildman–Crippen MR) is 99.9 cm³/mol. The highest BCUT2D eigenvalue weighted by atomic mass is 16.5. The first kappa shape index (κ1) is 16.6. The lowest BCUT2D eigenvalue weighted by molar-refractivity contribution is 0.306. The molecule has 0 aromatic heterocycles. The Morgan fingerprint density at radius 3 is 2.54 bits per heavy atom. The van der Waals surface area contributed by atoms with E-state index >= 15 is 0 Å². The van der Waals surface area contributed by atoms with Gasteiger partial charge in [-0.05, 0) is 41.2 Å². The number of nitrogens with one attached hydrogen (secondary N) is 1. The molecule has 24 heavy (non-hydrogen) atoms. The fraction of sp³-hybridized carbons (Fsp3) is 0.381. The maximum absolute atomic E-state index is 5.94. The second-order valence-corrected chi connectivity index (χ2v) is 7.27. The van der Waals surface area contributed by atoms with Crippen molar-refractivity contribution >= 4 is 5.84 Å². The fourth-order valence-electron chi connectivity index (χ4n) is 2.75. The van der Waals surface area contributed by atoms with Crippen LogP contribution in [0.5, 0.6) is 5.75 Å². The number of amidine groups is 1. The Bertz CT molecular complexity index is 711. The Morgan fingerprint density at radius 1 is 1.08 bits per heavy atom. The number of rotatable bonds is 4. The molecule has 3 nitrogen and oxygen atoms in total. The monoisotopic (exact) mass is 322 g/mol. The van der Waals surface area contributed by atoms with Gasteiger partial charge in [0, 0.05) is 18.7 Å². The normalized spacial score (nSPS) is 14.7. The fourth-order valence-corrected chi connectivity index (χ4v) is 2.75. The quantitative estimate of drug-likeness (QED) is 0.910. The van der Waals surface area contributed by atoms with Gasteiger partial charge >= 0.3 is 0 Å². The van der Waals surface area contributed by atoms with Crippen molar-refractivity contribution < 1.29 is 4.74 Å². The van der Waals surface area contributed by atoms with Crippen molar-refractivity contribution in [3.05, 3.63) is 65.2 Å². The van der Waals surface area contributed by atoms with E-state index in [4.69, 9.17) is 4.74 Å². The Hall–Kier alpha value is -2.29. The first-order chi connectivity index (χ1) is 11.5. The van der Waals surface area contributed by atoms with Crippen molar-refractivity contribution in [1.82, 2.24) is 5.32 Å². The highest BCUT2D eigenvalue weighted by Crippen LogP contribution is 2.24. The van der Waals surface area contributed by atoms with Gasteiger partial charge in [-0.3, -0.25) is 4.99 Å². The number of hydrogen-bond donors (Lipinski definition) is 1. The number of aliphatic imine (C=N–C) groups is 1. The van der Waals surface area contributed by atoms with Gasteiger partial charge in [-0.1, -0.05) is 51.1 Å². The van der Waals surface area contributed by atoms with E-state index in [1.54, 1.807) is 0 Å². The van der Waals surface area contributed by atoms with Crippen LogP contribution >= 0.6 is 0 Å². The Labute approximate surface area is 144 Å². The third-order valence-corrected chi connectivity index (χ3v) is 4.22. The second-order valence-electron chi connectivity index (χ2n) is 7.27. The maximum atomic E-state index is 5.94. The Morgan fingerprint density at radius 2 is 1.88 bits per heavy atom. The van der Waals surface area contributed by atoms with Crippen molar-refractivity contribution in [2.45, 2.75) is 39.2 Å². The first-order valence-electron chi connectivity index (χ1n) is 8.63. The van der Waals surface area contributed by atoms with Crippen molar-refractivity contribution in [2.24, 2.45) is 4.99 Å². The van der Waals surface area contributed by atoms with Gasteiger partial charge in [-0.2, -0.15) is 0 Å². The molecule has 2 aromatic rings. The van der Waals surface area contributed by atoms with E-state index in [9.17, 15) is 0 Å². The van der Waals surface area contributed by atoms with E-state index in [0.29, 0.717) is 6.61 Å². The Kier molecular flexibility index (Phi) is 4.89. The first-order valence-corrected chi connectivity index (χ1v) is 8.63. The molecule has 0 aliphatic carbocycles. The minimum absolute atomic E-state index is 0.167. The number of hydrogen-bond acceptors (Lipinski definition) is 3. The average Bonchev–Trinajstić information content (AvgIpc) is 2.61. The summed E-state index contributed by atoms with van der Waals surface area (Å²) in [6, 6.07) is 16.8.